The highest BCUT2D eigenvalue weighted by Crippen LogP contribution is 2.29. The summed E-state index contributed by atoms with van der Waals surface area (Å²) in [5.41, 5.74) is 0. The van der Waals surface area contributed by atoms with Gasteiger partial charge in [0.25, 0.3) is 0 Å². The van der Waals surface area contributed by atoms with E-state index in [-0.39, 0.29) is 6.10 Å². The lowest BCUT2D eigenvalue weighted by atomic mass is 9.84. The highest BCUT2D eigenvalue weighted by Gasteiger charge is 2.24. The van der Waals surface area contributed by atoms with Gasteiger partial charge in [0.2, 0.25) is 0 Å². The molecule has 1 fully saturated rings. The van der Waals surface area contributed by atoms with Crippen LogP contribution in [0, 0.1) is 5.92 Å². The topological polar surface area (TPSA) is 49.7 Å². The molecule has 0 aromatic carbocycles. The molecule has 0 aromatic rings. The summed E-state index contributed by atoms with van der Waals surface area (Å²) in [5.74, 6) is 0.528. The Morgan fingerprint density at radius 2 is 1.67 bits per heavy atom. The first-order valence-corrected chi connectivity index (χ1v) is 6.13. The molecule has 1 saturated carbocycles. The van der Waals surface area contributed by atoms with Crippen molar-refractivity contribution in [3.8, 4) is 0 Å². The van der Waals surface area contributed by atoms with E-state index in [0.29, 0.717) is 12.3 Å². The van der Waals surface area contributed by atoms with Gasteiger partial charge in [-0.05, 0) is 18.8 Å². The normalized spacial score (nSPS) is 19.6. The van der Waals surface area contributed by atoms with Crippen molar-refractivity contribution < 1.29 is 14.9 Å². The fourth-order valence-corrected chi connectivity index (χ4v) is 2.19. The Labute approximate surface area is 93.5 Å². The van der Waals surface area contributed by atoms with Gasteiger partial charge in [-0.15, -0.1) is 0 Å². The van der Waals surface area contributed by atoms with Crippen LogP contribution < -0.4 is 0 Å². The monoisotopic (exact) mass is 218 g/mol. The van der Waals surface area contributed by atoms with Crippen LogP contribution in [0.15, 0.2) is 0 Å². The molecule has 0 radical (unpaired) electrons. The molecule has 3 nitrogen and oxygen atoms in total. The first-order chi connectivity index (χ1) is 7.24. The predicted molar refractivity (Wildman–Crippen MR) is 61.6 cm³/mol. The van der Waals surface area contributed by atoms with E-state index in [4.69, 9.17) is 14.9 Å². The number of hydrogen-bond acceptors (Lipinski definition) is 3. The quantitative estimate of drug-likeness (QED) is 0.712. The summed E-state index contributed by atoms with van der Waals surface area (Å²) >= 11 is 0. The summed E-state index contributed by atoms with van der Waals surface area (Å²) in [6.07, 6.45) is 5.32. The lowest BCUT2D eigenvalue weighted by Gasteiger charge is -2.29. The smallest absolute Gasteiger partial charge is 0.153 e. The fourth-order valence-electron chi connectivity index (χ4n) is 2.19. The minimum Gasteiger partial charge on any atom is -0.381 e. The van der Waals surface area contributed by atoms with Crippen molar-refractivity contribution in [3.63, 3.8) is 0 Å². The zero-order valence-electron chi connectivity index (χ0n) is 10.3. The van der Waals surface area contributed by atoms with Crippen LogP contribution in [0.5, 0.6) is 0 Å². The maximum absolute atomic E-state index is 8.86. The minimum atomic E-state index is -1.23. The van der Waals surface area contributed by atoms with E-state index >= 15 is 0 Å². The van der Waals surface area contributed by atoms with E-state index in [1.165, 1.54) is 32.1 Å². The molecule has 0 saturated heterocycles. The van der Waals surface area contributed by atoms with Gasteiger partial charge in [-0.2, -0.15) is 0 Å². The molecule has 3 heteroatoms. The average Bonchev–Trinajstić information content (AvgIpc) is 2.29. The van der Waals surface area contributed by atoms with Crippen LogP contribution in [-0.4, -0.2) is 29.7 Å². The van der Waals surface area contributed by atoms with E-state index in [2.05, 4.69) is 0 Å². The van der Waals surface area contributed by atoms with E-state index in [9.17, 15) is 0 Å². The summed E-state index contributed by atoms with van der Waals surface area (Å²) in [4.78, 5) is 0. The number of aliphatic hydroxyl groups excluding tert-OH is 1. The first-order valence-electron chi connectivity index (χ1n) is 6.13. The van der Waals surface area contributed by atoms with Crippen molar-refractivity contribution in [2.75, 3.05) is 7.11 Å². The van der Waals surface area contributed by atoms with Gasteiger partial charge >= 0.3 is 0 Å². The van der Waals surface area contributed by atoms with Crippen molar-refractivity contribution in [3.05, 3.63) is 0 Å². The SMILES string of the molecule is CC.COC(CC(O)O)C1CCCCC1. The molecular formula is C12H26O3. The molecule has 0 bridgehead atoms. The van der Waals surface area contributed by atoms with Gasteiger partial charge in [0.15, 0.2) is 6.29 Å². The van der Waals surface area contributed by atoms with Crippen LogP contribution in [0.1, 0.15) is 52.4 Å². The Morgan fingerprint density at radius 1 is 1.13 bits per heavy atom. The Bertz CT molecular complexity index is 131. The second kappa shape index (κ2) is 9.13. The van der Waals surface area contributed by atoms with Gasteiger partial charge in [0, 0.05) is 13.5 Å². The second-order valence-corrected chi connectivity index (χ2v) is 3.89. The van der Waals surface area contributed by atoms with Crippen LogP contribution in [-0.2, 0) is 4.74 Å². The molecule has 1 aliphatic rings. The van der Waals surface area contributed by atoms with Crippen LogP contribution in [0.25, 0.3) is 0 Å². The van der Waals surface area contributed by atoms with Gasteiger partial charge in [-0.3, -0.25) is 0 Å². The standard InChI is InChI=1S/C10H20O3.C2H6/c1-13-9(7-10(11)12)8-5-3-2-4-6-8;1-2/h8-12H,2-7H2,1H3;1-2H3. The van der Waals surface area contributed by atoms with Crippen LogP contribution in [0.3, 0.4) is 0 Å². The third-order valence-corrected chi connectivity index (χ3v) is 2.92. The molecule has 0 spiro atoms. The molecule has 0 aliphatic heterocycles. The molecule has 0 heterocycles. The molecule has 1 atom stereocenters. The molecule has 1 unspecified atom stereocenters. The Kier molecular flexibility index (Phi) is 9.06. The predicted octanol–water partition coefficient (Wildman–Crippen LogP) is 2.31. The lowest BCUT2D eigenvalue weighted by molar-refractivity contribution is -0.0911. The molecule has 15 heavy (non-hydrogen) atoms. The van der Waals surface area contributed by atoms with Crippen molar-refractivity contribution in [1.29, 1.82) is 0 Å². The first kappa shape index (κ1) is 14.9. The van der Waals surface area contributed by atoms with Crippen LogP contribution >= 0.6 is 0 Å². The van der Waals surface area contributed by atoms with E-state index < -0.39 is 6.29 Å². The summed E-state index contributed by atoms with van der Waals surface area (Å²) in [6, 6.07) is 0. The molecule has 92 valence electrons. The third-order valence-electron chi connectivity index (χ3n) is 2.92. The number of rotatable bonds is 4. The van der Waals surface area contributed by atoms with Crippen molar-refractivity contribution >= 4 is 0 Å². The highest BCUT2D eigenvalue weighted by atomic mass is 16.5. The third kappa shape index (κ3) is 6.13. The Morgan fingerprint density at radius 3 is 2.07 bits per heavy atom. The van der Waals surface area contributed by atoms with E-state index in [1.54, 1.807) is 7.11 Å². The molecule has 2 N–H and O–H groups in total. The zero-order chi connectivity index (χ0) is 11.7. The fraction of sp³-hybridized carbons (Fsp3) is 1.00. The number of ether oxygens (including phenoxy) is 1. The Balaban J connectivity index is 0.000000921. The number of methoxy groups -OCH3 is 1. The number of hydrogen-bond donors (Lipinski definition) is 2. The second-order valence-electron chi connectivity index (χ2n) is 3.89. The summed E-state index contributed by atoms with van der Waals surface area (Å²) in [7, 11) is 1.65. The summed E-state index contributed by atoms with van der Waals surface area (Å²) in [6.45, 7) is 4.00. The van der Waals surface area contributed by atoms with E-state index in [1.807, 2.05) is 13.8 Å². The van der Waals surface area contributed by atoms with Crippen LogP contribution in [0.4, 0.5) is 0 Å². The van der Waals surface area contributed by atoms with Crippen molar-refractivity contribution in [2.24, 2.45) is 5.92 Å². The summed E-state index contributed by atoms with van der Waals surface area (Å²) < 4.78 is 5.28. The molecule has 0 amide bonds. The minimum absolute atomic E-state index is 0.0281. The van der Waals surface area contributed by atoms with Crippen molar-refractivity contribution in [2.45, 2.75) is 64.8 Å². The molecule has 1 rings (SSSR count). The average molecular weight is 218 g/mol. The summed E-state index contributed by atoms with van der Waals surface area (Å²) in [5, 5.41) is 17.7. The van der Waals surface area contributed by atoms with E-state index in [0.717, 1.165) is 0 Å². The molecule has 0 aromatic heterocycles. The molecule has 1 aliphatic carbocycles. The maximum Gasteiger partial charge on any atom is 0.153 e. The van der Waals surface area contributed by atoms with Gasteiger partial charge < -0.3 is 14.9 Å². The largest absolute Gasteiger partial charge is 0.381 e. The van der Waals surface area contributed by atoms with Crippen LogP contribution in [0.2, 0.25) is 0 Å². The zero-order valence-corrected chi connectivity index (χ0v) is 10.3. The van der Waals surface area contributed by atoms with Gasteiger partial charge in [-0.25, -0.2) is 0 Å². The van der Waals surface area contributed by atoms with Gasteiger partial charge in [0.1, 0.15) is 0 Å². The van der Waals surface area contributed by atoms with Gasteiger partial charge in [0.05, 0.1) is 6.10 Å². The Hall–Kier alpha value is -0.120. The molecular weight excluding hydrogens is 192 g/mol. The van der Waals surface area contributed by atoms with Crippen molar-refractivity contribution in [1.82, 2.24) is 0 Å². The lowest BCUT2D eigenvalue weighted by Crippen LogP contribution is -2.29. The van der Waals surface area contributed by atoms with Gasteiger partial charge in [-0.1, -0.05) is 33.1 Å². The maximum atomic E-state index is 8.86. The highest BCUT2D eigenvalue weighted by molar-refractivity contribution is 4.74. The number of aliphatic hydroxyl groups is 2.